The van der Waals surface area contributed by atoms with Crippen LogP contribution in [0, 0.1) is 6.92 Å². The van der Waals surface area contributed by atoms with Crippen LogP contribution in [0.4, 0.5) is 5.82 Å². The standard InChI is InChI=1S/C11H20N4O/c1-3-4-5-6-7-16-11-8-10(15-12)13-9(2)14-11/h8H,3-7,12H2,1-2H3,(H,13,14,15). The van der Waals surface area contributed by atoms with Gasteiger partial charge in [-0.15, -0.1) is 0 Å². The van der Waals surface area contributed by atoms with E-state index in [-0.39, 0.29) is 0 Å². The van der Waals surface area contributed by atoms with E-state index in [0.29, 0.717) is 24.1 Å². The van der Waals surface area contributed by atoms with Crippen molar-refractivity contribution in [2.45, 2.75) is 39.5 Å². The highest BCUT2D eigenvalue weighted by atomic mass is 16.5. The van der Waals surface area contributed by atoms with Gasteiger partial charge in [-0.05, 0) is 13.3 Å². The molecule has 0 aromatic carbocycles. The lowest BCUT2D eigenvalue weighted by Gasteiger charge is -2.07. The van der Waals surface area contributed by atoms with Crippen LogP contribution in [0.1, 0.15) is 38.4 Å². The summed E-state index contributed by atoms with van der Waals surface area (Å²) in [5.41, 5.74) is 2.49. The summed E-state index contributed by atoms with van der Waals surface area (Å²) in [5.74, 6) is 7.10. The monoisotopic (exact) mass is 224 g/mol. The van der Waals surface area contributed by atoms with E-state index in [1.165, 1.54) is 19.3 Å². The van der Waals surface area contributed by atoms with Crippen LogP contribution in [-0.4, -0.2) is 16.6 Å². The van der Waals surface area contributed by atoms with Gasteiger partial charge < -0.3 is 10.2 Å². The maximum atomic E-state index is 5.53. The van der Waals surface area contributed by atoms with Crippen molar-refractivity contribution in [3.63, 3.8) is 0 Å². The van der Waals surface area contributed by atoms with Gasteiger partial charge in [0.2, 0.25) is 5.88 Å². The highest BCUT2D eigenvalue weighted by molar-refractivity contribution is 5.36. The average molecular weight is 224 g/mol. The van der Waals surface area contributed by atoms with Crippen molar-refractivity contribution in [3.8, 4) is 5.88 Å². The van der Waals surface area contributed by atoms with E-state index in [4.69, 9.17) is 10.6 Å². The van der Waals surface area contributed by atoms with Crippen molar-refractivity contribution in [3.05, 3.63) is 11.9 Å². The molecule has 0 amide bonds. The smallest absolute Gasteiger partial charge is 0.218 e. The Morgan fingerprint density at radius 3 is 2.81 bits per heavy atom. The van der Waals surface area contributed by atoms with Gasteiger partial charge in [-0.25, -0.2) is 10.8 Å². The van der Waals surface area contributed by atoms with Crippen molar-refractivity contribution < 1.29 is 4.74 Å². The first-order valence-corrected chi connectivity index (χ1v) is 5.71. The highest BCUT2D eigenvalue weighted by Gasteiger charge is 2.01. The van der Waals surface area contributed by atoms with E-state index in [9.17, 15) is 0 Å². The van der Waals surface area contributed by atoms with Gasteiger partial charge >= 0.3 is 0 Å². The minimum atomic E-state index is 0.580. The van der Waals surface area contributed by atoms with E-state index in [1.807, 2.05) is 6.92 Å². The Morgan fingerprint density at radius 1 is 1.31 bits per heavy atom. The fraction of sp³-hybridized carbons (Fsp3) is 0.636. The third-order valence-electron chi connectivity index (χ3n) is 2.21. The van der Waals surface area contributed by atoms with Crippen LogP contribution in [0.3, 0.4) is 0 Å². The second kappa shape index (κ2) is 7.00. The maximum absolute atomic E-state index is 5.53. The molecule has 0 aliphatic rings. The normalized spacial score (nSPS) is 10.2. The molecular weight excluding hydrogens is 204 g/mol. The summed E-state index contributed by atoms with van der Waals surface area (Å²) >= 11 is 0. The van der Waals surface area contributed by atoms with Crippen LogP contribution >= 0.6 is 0 Å². The van der Waals surface area contributed by atoms with Crippen LogP contribution in [0.15, 0.2) is 6.07 Å². The van der Waals surface area contributed by atoms with Gasteiger partial charge in [0.1, 0.15) is 11.6 Å². The quantitative estimate of drug-likeness (QED) is 0.421. The Hall–Kier alpha value is -1.36. The molecule has 0 fully saturated rings. The van der Waals surface area contributed by atoms with Crippen molar-refractivity contribution in [2.24, 2.45) is 5.84 Å². The summed E-state index contributed by atoms with van der Waals surface area (Å²) < 4.78 is 5.53. The first-order valence-electron chi connectivity index (χ1n) is 5.71. The average Bonchev–Trinajstić information content (AvgIpc) is 2.28. The van der Waals surface area contributed by atoms with Crippen molar-refractivity contribution in [2.75, 3.05) is 12.0 Å². The molecule has 90 valence electrons. The molecule has 0 bridgehead atoms. The number of nitrogen functional groups attached to an aromatic ring is 1. The summed E-state index contributed by atoms with van der Waals surface area (Å²) in [6.07, 6.45) is 4.74. The zero-order chi connectivity index (χ0) is 11.8. The van der Waals surface area contributed by atoms with Gasteiger partial charge in [0.25, 0.3) is 0 Å². The fourth-order valence-electron chi connectivity index (χ4n) is 1.39. The van der Waals surface area contributed by atoms with Gasteiger partial charge in [-0.2, -0.15) is 4.98 Å². The molecular formula is C11H20N4O. The summed E-state index contributed by atoms with van der Waals surface area (Å²) in [6, 6.07) is 1.70. The van der Waals surface area contributed by atoms with Crippen LogP contribution in [0.5, 0.6) is 5.88 Å². The maximum Gasteiger partial charge on any atom is 0.218 e. The summed E-state index contributed by atoms with van der Waals surface area (Å²) in [5, 5.41) is 0. The molecule has 1 heterocycles. The van der Waals surface area contributed by atoms with E-state index in [2.05, 4.69) is 22.3 Å². The molecule has 0 radical (unpaired) electrons. The number of ether oxygens (including phenoxy) is 1. The number of rotatable bonds is 7. The number of aryl methyl sites for hydroxylation is 1. The molecule has 0 atom stereocenters. The number of unbranched alkanes of at least 4 members (excludes halogenated alkanes) is 3. The molecule has 1 aromatic heterocycles. The second-order valence-corrected chi connectivity index (χ2v) is 3.69. The molecule has 0 aliphatic carbocycles. The number of hydrogen-bond acceptors (Lipinski definition) is 5. The van der Waals surface area contributed by atoms with Crippen LogP contribution in [0.25, 0.3) is 0 Å². The lowest BCUT2D eigenvalue weighted by Crippen LogP contribution is -2.10. The molecule has 0 spiro atoms. The van der Waals surface area contributed by atoms with Gasteiger partial charge in [-0.1, -0.05) is 26.2 Å². The zero-order valence-corrected chi connectivity index (χ0v) is 9.99. The largest absolute Gasteiger partial charge is 0.478 e. The SMILES string of the molecule is CCCCCCOc1cc(NN)nc(C)n1. The van der Waals surface area contributed by atoms with Crippen molar-refractivity contribution in [1.29, 1.82) is 0 Å². The Bertz CT molecular complexity index is 317. The minimum absolute atomic E-state index is 0.580. The second-order valence-electron chi connectivity index (χ2n) is 3.69. The van der Waals surface area contributed by atoms with E-state index in [0.717, 1.165) is 6.42 Å². The summed E-state index contributed by atoms with van der Waals surface area (Å²) in [7, 11) is 0. The molecule has 0 aliphatic heterocycles. The number of hydrazine groups is 1. The van der Waals surface area contributed by atoms with Crippen molar-refractivity contribution in [1.82, 2.24) is 9.97 Å². The third-order valence-corrected chi connectivity index (χ3v) is 2.21. The zero-order valence-electron chi connectivity index (χ0n) is 9.99. The number of aromatic nitrogens is 2. The molecule has 0 saturated heterocycles. The number of anilines is 1. The van der Waals surface area contributed by atoms with Crippen LogP contribution in [0.2, 0.25) is 0 Å². The molecule has 5 nitrogen and oxygen atoms in total. The van der Waals surface area contributed by atoms with E-state index >= 15 is 0 Å². The molecule has 5 heteroatoms. The van der Waals surface area contributed by atoms with Gasteiger partial charge in [-0.3, -0.25) is 0 Å². The van der Waals surface area contributed by atoms with Gasteiger partial charge in [0.15, 0.2) is 0 Å². The lowest BCUT2D eigenvalue weighted by atomic mass is 10.2. The van der Waals surface area contributed by atoms with Crippen molar-refractivity contribution >= 4 is 5.82 Å². The Labute approximate surface area is 96.4 Å². The number of nitrogens with zero attached hydrogens (tertiary/aromatic N) is 2. The molecule has 3 N–H and O–H groups in total. The van der Waals surface area contributed by atoms with E-state index < -0.39 is 0 Å². The van der Waals surface area contributed by atoms with Gasteiger partial charge in [0, 0.05) is 6.07 Å². The predicted molar refractivity (Wildman–Crippen MR) is 64.2 cm³/mol. The van der Waals surface area contributed by atoms with Crippen LogP contribution < -0.4 is 16.0 Å². The topological polar surface area (TPSA) is 73.1 Å². The highest BCUT2D eigenvalue weighted by Crippen LogP contribution is 2.12. The first-order chi connectivity index (χ1) is 7.76. The fourth-order valence-corrected chi connectivity index (χ4v) is 1.39. The molecule has 1 rings (SSSR count). The molecule has 16 heavy (non-hydrogen) atoms. The minimum Gasteiger partial charge on any atom is -0.478 e. The van der Waals surface area contributed by atoms with Gasteiger partial charge in [0.05, 0.1) is 6.61 Å². The molecule has 1 aromatic rings. The first kappa shape index (κ1) is 12.7. The Morgan fingerprint density at radius 2 is 2.12 bits per heavy atom. The predicted octanol–water partition coefficient (Wildman–Crippen LogP) is 2.03. The Balaban J connectivity index is 2.38. The number of nitrogens with one attached hydrogen (secondary N) is 1. The van der Waals surface area contributed by atoms with E-state index in [1.54, 1.807) is 6.07 Å². The van der Waals surface area contributed by atoms with Crippen LogP contribution in [-0.2, 0) is 0 Å². The number of hydrogen-bond donors (Lipinski definition) is 2. The lowest BCUT2D eigenvalue weighted by molar-refractivity contribution is 0.293. The summed E-state index contributed by atoms with van der Waals surface area (Å²) in [6.45, 7) is 4.69. The third kappa shape index (κ3) is 4.44. The summed E-state index contributed by atoms with van der Waals surface area (Å²) in [4.78, 5) is 8.25. The Kier molecular flexibility index (Phi) is 5.56. The molecule has 0 unspecified atom stereocenters. The number of nitrogens with two attached hydrogens (primary N) is 1. The molecule has 0 saturated carbocycles.